The van der Waals surface area contributed by atoms with Gasteiger partial charge in [-0.05, 0) is 112 Å². The van der Waals surface area contributed by atoms with E-state index in [1.165, 1.54) is 49.9 Å². The second-order valence-corrected chi connectivity index (χ2v) is 17.1. The summed E-state index contributed by atoms with van der Waals surface area (Å²) in [5.74, 6) is 3.41. The van der Waals surface area contributed by atoms with Crippen LogP contribution < -0.4 is 0 Å². The van der Waals surface area contributed by atoms with E-state index in [0.717, 1.165) is 24.7 Å². The maximum atomic E-state index is 7.11. The zero-order valence-corrected chi connectivity index (χ0v) is 22.7. The van der Waals surface area contributed by atoms with Gasteiger partial charge in [0, 0.05) is 12.0 Å². The van der Waals surface area contributed by atoms with Crippen LogP contribution in [0.25, 0.3) is 0 Å². The van der Waals surface area contributed by atoms with Crippen molar-refractivity contribution < 1.29 is 14.1 Å². The summed E-state index contributed by atoms with van der Waals surface area (Å²) in [5, 5.41) is 8.78. The lowest BCUT2D eigenvalue weighted by Crippen LogP contribution is -2.61. The minimum atomic E-state index is -1.68. The number of rotatable bonds is 5. The van der Waals surface area contributed by atoms with E-state index in [1.54, 1.807) is 14.2 Å². The highest BCUT2D eigenvalue weighted by atomic mass is 28.4. The minimum absolute atomic E-state index is 0.262. The number of fused-ring (bicyclic) bond motifs is 5. The molecule has 0 aliphatic heterocycles. The Morgan fingerprint density at radius 1 is 1.00 bits per heavy atom. The maximum absolute atomic E-state index is 7.11. The highest BCUT2D eigenvalue weighted by Gasteiger charge is 2.64. The van der Waals surface area contributed by atoms with Crippen LogP contribution in [0.15, 0.2) is 10.3 Å². The van der Waals surface area contributed by atoms with Gasteiger partial charge in [0.05, 0.1) is 11.4 Å². The van der Waals surface area contributed by atoms with Gasteiger partial charge in [-0.15, -0.1) is 0 Å². The molecule has 0 saturated heterocycles. The van der Waals surface area contributed by atoms with Gasteiger partial charge in [-0.25, -0.2) is 0 Å². The van der Waals surface area contributed by atoms with Crippen molar-refractivity contribution in [3.8, 4) is 0 Å². The fourth-order valence-corrected chi connectivity index (χ4v) is 9.96. The normalized spacial score (nSPS) is 45.8. The third-order valence-corrected chi connectivity index (χ3v) is 10.9. The first-order chi connectivity index (χ1) is 15.0. The van der Waals surface area contributed by atoms with E-state index in [-0.39, 0.29) is 5.41 Å². The molecule has 0 heterocycles. The second-order valence-electron chi connectivity index (χ2n) is 12.6. The molecule has 6 heteroatoms. The van der Waals surface area contributed by atoms with Gasteiger partial charge in [-0.1, -0.05) is 24.2 Å². The molecular weight excluding hydrogens is 416 g/mol. The van der Waals surface area contributed by atoms with Crippen molar-refractivity contribution in [3.05, 3.63) is 0 Å². The first-order valence-electron chi connectivity index (χ1n) is 12.9. The summed E-state index contributed by atoms with van der Waals surface area (Å²) >= 11 is 0. The molecule has 32 heavy (non-hydrogen) atoms. The minimum Gasteiger partial charge on any atom is -0.414 e. The van der Waals surface area contributed by atoms with Crippen molar-refractivity contribution in [3.63, 3.8) is 0 Å². The predicted molar refractivity (Wildman–Crippen MR) is 133 cm³/mol. The summed E-state index contributed by atoms with van der Waals surface area (Å²) in [6, 6.07) is 0. The van der Waals surface area contributed by atoms with E-state index in [4.69, 9.17) is 14.1 Å². The van der Waals surface area contributed by atoms with Gasteiger partial charge >= 0.3 is 0 Å². The largest absolute Gasteiger partial charge is 0.414 e. The van der Waals surface area contributed by atoms with Gasteiger partial charge in [-0.3, -0.25) is 0 Å². The third kappa shape index (κ3) is 4.08. The molecule has 4 fully saturated rings. The second kappa shape index (κ2) is 8.72. The van der Waals surface area contributed by atoms with Crippen LogP contribution in [-0.4, -0.2) is 40.1 Å². The van der Waals surface area contributed by atoms with Crippen LogP contribution in [0.5, 0.6) is 0 Å². The summed E-state index contributed by atoms with van der Waals surface area (Å²) in [7, 11) is 1.69. The predicted octanol–water partition coefficient (Wildman–Crippen LogP) is 6.50. The molecule has 0 amide bonds. The Balaban J connectivity index is 1.70. The Labute approximate surface area is 196 Å². The van der Waals surface area contributed by atoms with E-state index in [2.05, 4.69) is 50.7 Å². The topological polar surface area (TPSA) is 52.4 Å². The molecule has 0 aromatic rings. The molecule has 0 aromatic heterocycles. The summed E-state index contributed by atoms with van der Waals surface area (Å²) in [5.41, 5.74) is 3.05. The van der Waals surface area contributed by atoms with Crippen molar-refractivity contribution in [2.45, 2.75) is 97.9 Å². The Bertz CT molecular complexity index is 763. The zero-order chi connectivity index (χ0) is 23.3. The standard InChI is InChI=1S/C26H46N2O3Si/c1-17(27-29-4)21-11-12-22-20-10-9-18-15-19(28-30-5)13-14-25(18,2)24(20)23(16-26(21,22)3)31-32(6,7)8/h18,20-24H,9-16H2,1-8H3/b27-17+,28-19-/t18?,20-,21+,22-,23?,24+,25-,26+/m0/s1. The molecule has 0 aromatic carbocycles. The van der Waals surface area contributed by atoms with Gasteiger partial charge in [-0.2, -0.15) is 0 Å². The lowest BCUT2D eigenvalue weighted by Gasteiger charge is -2.63. The average molecular weight is 463 g/mol. The number of nitrogens with zero attached hydrogens (tertiary/aromatic N) is 2. The lowest BCUT2D eigenvalue weighted by molar-refractivity contribution is -0.153. The van der Waals surface area contributed by atoms with Gasteiger partial charge in [0.15, 0.2) is 8.32 Å². The van der Waals surface area contributed by atoms with E-state index in [1.807, 2.05) is 0 Å². The van der Waals surface area contributed by atoms with Gasteiger partial charge in [0.1, 0.15) is 14.2 Å². The summed E-state index contributed by atoms with van der Waals surface area (Å²) in [6.45, 7) is 14.4. The first kappa shape index (κ1) is 24.2. The van der Waals surface area contributed by atoms with Crippen LogP contribution in [0.4, 0.5) is 0 Å². The summed E-state index contributed by atoms with van der Waals surface area (Å²) in [4.78, 5) is 10.4. The van der Waals surface area contributed by atoms with Crippen LogP contribution >= 0.6 is 0 Å². The highest BCUT2D eigenvalue weighted by Crippen LogP contribution is 2.68. The Morgan fingerprint density at radius 2 is 1.75 bits per heavy atom. The molecule has 0 radical (unpaired) electrons. The molecule has 0 spiro atoms. The average Bonchev–Trinajstić information content (AvgIpc) is 3.04. The molecule has 4 aliphatic rings. The third-order valence-electron chi connectivity index (χ3n) is 9.87. The Kier molecular flexibility index (Phi) is 6.61. The molecule has 5 nitrogen and oxygen atoms in total. The van der Waals surface area contributed by atoms with Crippen LogP contribution in [0.3, 0.4) is 0 Å². The number of oxime groups is 2. The lowest BCUT2D eigenvalue weighted by atomic mass is 9.44. The Hall–Kier alpha value is -0.883. The van der Waals surface area contributed by atoms with Crippen molar-refractivity contribution in [1.29, 1.82) is 0 Å². The molecule has 2 unspecified atom stereocenters. The molecule has 0 bridgehead atoms. The maximum Gasteiger partial charge on any atom is 0.184 e. The van der Waals surface area contributed by atoms with E-state index in [9.17, 15) is 0 Å². The van der Waals surface area contributed by atoms with Crippen molar-refractivity contribution >= 4 is 19.7 Å². The van der Waals surface area contributed by atoms with Crippen LogP contribution in [0.2, 0.25) is 19.6 Å². The van der Waals surface area contributed by atoms with E-state index < -0.39 is 8.32 Å². The molecule has 4 saturated carbocycles. The molecule has 8 atom stereocenters. The van der Waals surface area contributed by atoms with Crippen molar-refractivity contribution in [1.82, 2.24) is 0 Å². The highest BCUT2D eigenvalue weighted by molar-refractivity contribution is 6.69. The summed E-state index contributed by atoms with van der Waals surface area (Å²) in [6.07, 6.45) is 10.2. The fourth-order valence-electron chi connectivity index (χ4n) is 8.82. The van der Waals surface area contributed by atoms with Crippen molar-refractivity contribution in [2.24, 2.45) is 50.7 Å². The molecule has 4 aliphatic carbocycles. The van der Waals surface area contributed by atoms with E-state index in [0.29, 0.717) is 29.3 Å². The SMILES string of the molecule is CO/N=C1/CC[C@@]2(C)C(CC[C@H]3[C@@H]4CC[C@H](/C(C)=N/OC)[C@@]4(C)CC(O[Si](C)(C)C)[C@@H]32)C1. The monoisotopic (exact) mass is 462 g/mol. The van der Waals surface area contributed by atoms with Crippen LogP contribution in [0, 0.1) is 40.4 Å². The Morgan fingerprint density at radius 3 is 2.41 bits per heavy atom. The molecular formula is C26H46N2O3Si. The molecule has 4 rings (SSSR count). The quantitative estimate of drug-likeness (QED) is 0.266. The molecule has 0 N–H and O–H groups in total. The van der Waals surface area contributed by atoms with Gasteiger partial charge in [0.25, 0.3) is 0 Å². The smallest absolute Gasteiger partial charge is 0.184 e. The van der Waals surface area contributed by atoms with Crippen LogP contribution in [-0.2, 0) is 14.1 Å². The van der Waals surface area contributed by atoms with Gasteiger partial charge < -0.3 is 14.1 Å². The van der Waals surface area contributed by atoms with E-state index >= 15 is 0 Å². The van der Waals surface area contributed by atoms with Gasteiger partial charge in [0.2, 0.25) is 0 Å². The van der Waals surface area contributed by atoms with Crippen molar-refractivity contribution in [2.75, 3.05) is 14.2 Å². The number of hydrogen-bond acceptors (Lipinski definition) is 5. The first-order valence-corrected chi connectivity index (χ1v) is 16.3. The fraction of sp³-hybridized carbons (Fsp3) is 0.923. The number of hydrogen-bond donors (Lipinski definition) is 0. The zero-order valence-electron chi connectivity index (χ0n) is 21.7. The van der Waals surface area contributed by atoms with Crippen LogP contribution in [0.1, 0.15) is 72.1 Å². The summed E-state index contributed by atoms with van der Waals surface area (Å²) < 4.78 is 7.11. The molecule has 182 valence electrons.